The fraction of sp³-hybridized carbons (Fsp3) is 0.750. The van der Waals surface area contributed by atoms with Crippen molar-refractivity contribution in [2.24, 2.45) is 5.92 Å². The topological polar surface area (TPSA) is 35.5 Å². The molecule has 12 heavy (non-hydrogen) atoms. The predicted octanol–water partition coefficient (Wildman–Crippen LogP) is 1.55. The highest BCUT2D eigenvalue weighted by molar-refractivity contribution is 7.78. The average Bonchev–Trinajstić information content (AvgIpc) is 2.10. The number of hydrogen-bond donors (Lipinski definition) is 0. The van der Waals surface area contributed by atoms with E-state index >= 15 is 0 Å². The van der Waals surface area contributed by atoms with E-state index in [-0.39, 0.29) is 11.9 Å². The minimum absolute atomic E-state index is 0.0521. The van der Waals surface area contributed by atoms with E-state index < -0.39 is 0 Å². The summed E-state index contributed by atoms with van der Waals surface area (Å²) in [4.78, 5) is 10.9. The normalized spacial score (nSPS) is 11.8. The second-order valence-corrected chi connectivity index (χ2v) is 2.73. The van der Waals surface area contributed by atoms with Crippen LogP contribution in [0.1, 0.15) is 19.8 Å². The minimum atomic E-state index is -0.169. The average molecular weight is 190 g/mol. The zero-order chi connectivity index (χ0) is 9.40. The van der Waals surface area contributed by atoms with E-state index in [0.717, 1.165) is 12.8 Å². The quantitative estimate of drug-likeness (QED) is 0.361. The number of methoxy groups -OCH3 is 1. The van der Waals surface area contributed by atoms with Crippen molar-refractivity contribution in [2.45, 2.75) is 19.8 Å². The van der Waals surface area contributed by atoms with Gasteiger partial charge in [-0.05, 0) is 25.1 Å². The lowest BCUT2D eigenvalue weighted by Gasteiger charge is -2.07. The first kappa shape index (κ1) is 11.4. The predicted molar refractivity (Wildman–Crippen MR) is 50.0 cm³/mol. The zero-order valence-electron chi connectivity index (χ0n) is 7.41. The highest BCUT2D eigenvalue weighted by atomic mass is 32.1. The molecule has 0 N–H and O–H groups in total. The molecule has 0 aromatic heterocycles. The maximum atomic E-state index is 10.9. The molecule has 0 aliphatic heterocycles. The Morgan fingerprint density at radius 3 is 2.83 bits per heavy atom. The Labute approximate surface area is 78.0 Å². The highest BCUT2D eigenvalue weighted by Gasteiger charge is 2.11. The van der Waals surface area contributed by atoms with Gasteiger partial charge in [0.1, 0.15) is 5.55 Å². The number of ether oxygens (including phenoxy) is 2. The van der Waals surface area contributed by atoms with E-state index in [1.165, 1.54) is 12.7 Å². The number of hydrogen-bond acceptors (Lipinski definition) is 4. The fourth-order valence-corrected chi connectivity index (χ4v) is 0.936. The SMILES string of the molecule is COC(=O)C(C)CCCOC=S. The molecule has 0 spiro atoms. The standard InChI is InChI=1S/C8H14O3S/c1-7(8(9)10-2)4-3-5-11-6-12/h6-7H,3-5H2,1-2H3. The van der Waals surface area contributed by atoms with Crippen LogP contribution >= 0.6 is 12.2 Å². The van der Waals surface area contributed by atoms with Gasteiger partial charge in [0.2, 0.25) is 0 Å². The molecule has 3 nitrogen and oxygen atoms in total. The highest BCUT2D eigenvalue weighted by Crippen LogP contribution is 2.06. The van der Waals surface area contributed by atoms with Crippen molar-refractivity contribution in [1.29, 1.82) is 0 Å². The molecule has 70 valence electrons. The summed E-state index contributed by atoms with van der Waals surface area (Å²) in [6.45, 7) is 2.41. The largest absolute Gasteiger partial charge is 0.490 e. The molecule has 0 rings (SSSR count). The van der Waals surface area contributed by atoms with Gasteiger partial charge < -0.3 is 9.47 Å². The first-order valence-corrected chi connectivity index (χ1v) is 4.32. The summed E-state index contributed by atoms with van der Waals surface area (Å²) >= 11 is 4.47. The van der Waals surface area contributed by atoms with Crippen LogP contribution in [-0.2, 0) is 14.3 Å². The van der Waals surface area contributed by atoms with Crippen LogP contribution in [0, 0.1) is 5.92 Å². The van der Waals surface area contributed by atoms with Crippen LogP contribution in [-0.4, -0.2) is 25.2 Å². The van der Waals surface area contributed by atoms with Crippen LogP contribution in [0.5, 0.6) is 0 Å². The Bertz CT molecular complexity index is 147. The molecule has 1 atom stereocenters. The van der Waals surface area contributed by atoms with E-state index in [1.807, 2.05) is 6.92 Å². The molecule has 0 radical (unpaired) electrons. The van der Waals surface area contributed by atoms with Gasteiger partial charge in [0.05, 0.1) is 19.6 Å². The summed E-state index contributed by atoms with van der Waals surface area (Å²) in [5.74, 6) is -0.221. The third kappa shape index (κ3) is 5.07. The molecule has 0 aromatic carbocycles. The van der Waals surface area contributed by atoms with Crippen LogP contribution < -0.4 is 0 Å². The van der Waals surface area contributed by atoms with E-state index in [9.17, 15) is 4.79 Å². The molecule has 4 heteroatoms. The van der Waals surface area contributed by atoms with Gasteiger partial charge >= 0.3 is 5.97 Å². The third-order valence-electron chi connectivity index (χ3n) is 1.57. The maximum Gasteiger partial charge on any atom is 0.308 e. The van der Waals surface area contributed by atoms with Crippen molar-refractivity contribution in [3.05, 3.63) is 0 Å². The van der Waals surface area contributed by atoms with Gasteiger partial charge in [-0.25, -0.2) is 0 Å². The van der Waals surface area contributed by atoms with E-state index in [1.54, 1.807) is 0 Å². The number of esters is 1. The van der Waals surface area contributed by atoms with Crippen LogP contribution in [0.25, 0.3) is 0 Å². The number of carbonyl (C=O) groups excluding carboxylic acids is 1. The second kappa shape index (κ2) is 7.03. The lowest BCUT2D eigenvalue weighted by Crippen LogP contribution is -2.13. The molecule has 0 aromatic rings. The van der Waals surface area contributed by atoms with Gasteiger partial charge in [-0.3, -0.25) is 4.79 Å². The van der Waals surface area contributed by atoms with Gasteiger partial charge in [0.25, 0.3) is 0 Å². The summed E-state index contributed by atoms with van der Waals surface area (Å²) in [7, 11) is 1.40. The molecule has 0 aliphatic rings. The summed E-state index contributed by atoms with van der Waals surface area (Å²) in [6, 6.07) is 0. The van der Waals surface area contributed by atoms with Gasteiger partial charge in [-0.15, -0.1) is 0 Å². The molecule has 0 bridgehead atoms. The first-order valence-electron chi connectivity index (χ1n) is 3.85. The van der Waals surface area contributed by atoms with Crippen molar-refractivity contribution < 1.29 is 14.3 Å². The number of carbonyl (C=O) groups is 1. The monoisotopic (exact) mass is 190 g/mol. The molecular weight excluding hydrogens is 176 g/mol. The van der Waals surface area contributed by atoms with Crippen LogP contribution in [0.3, 0.4) is 0 Å². The molecule has 0 aliphatic carbocycles. The van der Waals surface area contributed by atoms with Gasteiger partial charge in [0.15, 0.2) is 0 Å². The van der Waals surface area contributed by atoms with Crippen LogP contribution in [0.15, 0.2) is 0 Å². The molecule has 1 unspecified atom stereocenters. The third-order valence-corrected chi connectivity index (χ3v) is 1.71. The molecule has 0 amide bonds. The van der Waals surface area contributed by atoms with Gasteiger partial charge in [-0.2, -0.15) is 0 Å². The molecule has 0 fully saturated rings. The van der Waals surface area contributed by atoms with Crippen molar-refractivity contribution in [3.63, 3.8) is 0 Å². The Balaban J connectivity index is 3.36. The second-order valence-electron chi connectivity index (χ2n) is 2.53. The van der Waals surface area contributed by atoms with Crippen molar-refractivity contribution in [3.8, 4) is 0 Å². The number of rotatable bonds is 6. The van der Waals surface area contributed by atoms with Gasteiger partial charge in [-0.1, -0.05) is 6.92 Å². The van der Waals surface area contributed by atoms with Crippen LogP contribution in [0.4, 0.5) is 0 Å². The summed E-state index contributed by atoms with van der Waals surface area (Å²) in [5, 5.41) is 0. The lowest BCUT2D eigenvalue weighted by atomic mass is 10.1. The van der Waals surface area contributed by atoms with Gasteiger partial charge in [0, 0.05) is 0 Å². The molecule has 0 saturated heterocycles. The molecule has 0 saturated carbocycles. The Hall–Kier alpha value is -0.640. The minimum Gasteiger partial charge on any atom is -0.490 e. The Kier molecular flexibility index (Phi) is 6.66. The van der Waals surface area contributed by atoms with Crippen molar-refractivity contribution in [1.82, 2.24) is 0 Å². The van der Waals surface area contributed by atoms with E-state index in [2.05, 4.69) is 17.0 Å². The Morgan fingerprint density at radius 1 is 1.67 bits per heavy atom. The van der Waals surface area contributed by atoms with Crippen molar-refractivity contribution in [2.75, 3.05) is 13.7 Å². The van der Waals surface area contributed by atoms with Crippen molar-refractivity contribution >= 4 is 23.7 Å². The van der Waals surface area contributed by atoms with E-state index in [0.29, 0.717) is 6.61 Å². The smallest absolute Gasteiger partial charge is 0.308 e. The Morgan fingerprint density at radius 2 is 2.33 bits per heavy atom. The lowest BCUT2D eigenvalue weighted by molar-refractivity contribution is -0.145. The van der Waals surface area contributed by atoms with E-state index in [4.69, 9.17) is 4.74 Å². The summed E-state index contributed by atoms with van der Waals surface area (Å²) in [5.41, 5.74) is 1.24. The summed E-state index contributed by atoms with van der Waals surface area (Å²) < 4.78 is 9.40. The fourth-order valence-electron chi connectivity index (χ4n) is 0.840. The number of thiocarbonyl (C=S) groups is 1. The van der Waals surface area contributed by atoms with Crippen LogP contribution in [0.2, 0.25) is 0 Å². The summed E-state index contributed by atoms with van der Waals surface area (Å²) in [6.07, 6.45) is 1.60. The first-order chi connectivity index (χ1) is 5.72. The maximum absolute atomic E-state index is 10.9. The molecule has 0 heterocycles. The molecular formula is C8H14O3S. The zero-order valence-corrected chi connectivity index (χ0v) is 8.23.